The van der Waals surface area contributed by atoms with Crippen molar-refractivity contribution in [1.82, 2.24) is 10.3 Å². The molecule has 84 valence electrons. The molecule has 0 radical (unpaired) electrons. The number of nitrogens with one attached hydrogen (secondary N) is 1. The van der Waals surface area contributed by atoms with Crippen LogP contribution in [-0.4, -0.2) is 18.1 Å². The van der Waals surface area contributed by atoms with Crippen molar-refractivity contribution in [3.8, 4) is 0 Å². The van der Waals surface area contributed by atoms with Crippen LogP contribution in [0.5, 0.6) is 0 Å². The average Bonchev–Trinajstić information content (AvgIpc) is 2.22. The van der Waals surface area contributed by atoms with Gasteiger partial charge in [-0.1, -0.05) is 13.8 Å². The number of pyridine rings is 1. The van der Waals surface area contributed by atoms with Crippen molar-refractivity contribution in [2.45, 2.75) is 33.6 Å². The number of rotatable bonds is 6. The SMILES string of the molecule is CCCNCC(C)Cc1cnccc1C. The molecule has 0 aromatic carbocycles. The van der Waals surface area contributed by atoms with Gasteiger partial charge in [0.1, 0.15) is 0 Å². The van der Waals surface area contributed by atoms with Gasteiger partial charge in [0.05, 0.1) is 0 Å². The first-order valence-electron chi connectivity index (χ1n) is 5.84. The lowest BCUT2D eigenvalue weighted by atomic mass is 9.99. The Kier molecular flexibility index (Phi) is 5.33. The second-order valence-electron chi connectivity index (χ2n) is 4.32. The highest BCUT2D eigenvalue weighted by Gasteiger charge is 2.05. The Balaban J connectivity index is 2.37. The van der Waals surface area contributed by atoms with Crippen molar-refractivity contribution in [1.29, 1.82) is 0 Å². The van der Waals surface area contributed by atoms with Gasteiger partial charge in [0.15, 0.2) is 0 Å². The molecule has 1 heterocycles. The van der Waals surface area contributed by atoms with E-state index in [0.29, 0.717) is 5.92 Å². The number of hydrogen-bond acceptors (Lipinski definition) is 2. The minimum Gasteiger partial charge on any atom is -0.316 e. The van der Waals surface area contributed by atoms with Crippen LogP contribution in [0.4, 0.5) is 0 Å². The van der Waals surface area contributed by atoms with Crippen LogP contribution in [0, 0.1) is 12.8 Å². The fraction of sp³-hybridized carbons (Fsp3) is 0.615. The van der Waals surface area contributed by atoms with E-state index in [1.54, 1.807) is 0 Å². The topological polar surface area (TPSA) is 24.9 Å². The van der Waals surface area contributed by atoms with Gasteiger partial charge in [0.25, 0.3) is 0 Å². The van der Waals surface area contributed by atoms with Gasteiger partial charge in [-0.3, -0.25) is 4.98 Å². The molecule has 0 aliphatic heterocycles. The van der Waals surface area contributed by atoms with Crippen LogP contribution in [0.2, 0.25) is 0 Å². The summed E-state index contributed by atoms with van der Waals surface area (Å²) in [4.78, 5) is 4.17. The summed E-state index contributed by atoms with van der Waals surface area (Å²) in [6, 6.07) is 2.08. The van der Waals surface area contributed by atoms with Gasteiger partial charge in [0, 0.05) is 12.4 Å². The molecule has 2 nitrogen and oxygen atoms in total. The molecule has 0 saturated heterocycles. The molecule has 0 aliphatic rings. The van der Waals surface area contributed by atoms with Crippen molar-refractivity contribution < 1.29 is 0 Å². The van der Waals surface area contributed by atoms with Crippen molar-refractivity contribution >= 4 is 0 Å². The molecule has 1 aromatic heterocycles. The first-order chi connectivity index (χ1) is 7.24. The fourth-order valence-electron chi connectivity index (χ4n) is 1.68. The molecule has 2 heteroatoms. The molecule has 0 bridgehead atoms. The molecular weight excluding hydrogens is 184 g/mol. The minimum absolute atomic E-state index is 0.680. The third-order valence-electron chi connectivity index (χ3n) is 2.64. The summed E-state index contributed by atoms with van der Waals surface area (Å²) in [7, 11) is 0. The van der Waals surface area contributed by atoms with Crippen molar-refractivity contribution in [3.63, 3.8) is 0 Å². The summed E-state index contributed by atoms with van der Waals surface area (Å²) in [6.45, 7) is 8.86. The normalized spacial score (nSPS) is 12.7. The Morgan fingerprint density at radius 1 is 1.47 bits per heavy atom. The lowest BCUT2D eigenvalue weighted by Gasteiger charge is -2.13. The van der Waals surface area contributed by atoms with E-state index in [-0.39, 0.29) is 0 Å². The lowest BCUT2D eigenvalue weighted by Crippen LogP contribution is -2.23. The third-order valence-corrected chi connectivity index (χ3v) is 2.64. The van der Waals surface area contributed by atoms with Gasteiger partial charge in [0.2, 0.25) is 0 Å². The Morgan fingerprint density at radius 2 is 2.27 bits per heavy atom. The van der Waals surface area contributed by atoms with Crippen molar-refractivity contribution in [2.24, 2.45) is 5.92 Å². The number of nitrogens with zero attached hydrogens (tertiary/aromatic N) is 1. The van der Waals surface area contributed by atoms with E-state index in [9.17, 15) is 0 Å². The molecule has 15 heavy (non-hydrogen) atoms. The largest absolute Gasteiger partial charge is 0.316 e. The maximum atomic E-state index is 4.17. The fourth-order valence-corrected chi connectivity index (χ4v) is 1.68. The monoisotopic (exact) mass is 206 g/mol. The predicted molar refractivity (Wildman–Crippen MR) is 65.0 cm³/mol. The molecule has 1 aromatic rings. The Morgan fingerprint density at radius 3 is 2.93 bits per heavy atom. The highest BCUT2D eigenvalue weighted by atomic mass is 14.8. The molecule has 0 amide bonds. The average molecular weight is 206 g/mol. The molecule has 0 saturated carbocycles. The van der Waals surface area contributed by atoms with Crippen LogP contribution >= 0.6 is 0 Å². The van der Waals surface area contributed by atoms with Gasteiger partial charge in [-0.15, -0.1) is 0 Å². The van der Waals surface area contributed by atoms with E-state index >= 15 is 0 Å². The first-order valence-corrected chi connectivity index (χ1v) is 5.84. The Hall–Kier alpha value is -0.890. The first kappa shape index (κ1) is 12.2. The van der Waals surface area contributed by atoms with E-state index in [4.69, 9.17) is 0 Å². The summed E-state index contributed by atoms with van der Waals surface area (Å²) in [6.07, 6.45) is 6.18. The molecular formula is C13H22N2. The van der Waals surface area contributed by atoms with Crippen molar-refractivity contribution in [3.05, 3.63) is 29.6 Å². The quantitative estimate of drug-likeness (QED) is 0.724. The molecule has 1 unspecified atom stereocenters. The van der Waals surface area contributed by atoms with E-state index in [0.717, 1.165) is 19.5 Å². The van der Waals surface area contributed by atoms with Crippen LogP contribution in [0.15, 0.2) is 18.5 Å². The maximum Gasteiger partial charge on any atom is 0.0302 e. The summed E-state index contributed by atoms with van der Waals surface area (Å²) < 4.78 is 0. The zero-order valence-corrected chi connectivity index (χ0v) is 10.1. The molecule has 0 fully saturated rings. The summed E-state index contributed by atoms with van der Waals surface area (Å²) in [5.41, 5.74) is 2.73. The zero-order valence-electron chi connectivity index (χ0n) is 10.1. The van der Waals surface area contributed by atoms with E-state index in [2.05, 4.69) is 37.1 Å². The van der Waals surface area contributed by atoms with Gasteiger partial charge in [-0.25, -0.2) is 0 Å². The highest BCUT2D eigenvalue weighted by Crippen LogP contribution is 2.11. The van der Waals surface area contributed by atoms with Crippen LogP contribution in [0.25, 0.3) is 0 Å². The molecule has 0 aliphatic carbocycles. The number of hydrogen-bond donors (Lipinski definition) is 1. The van der Waals surface area contributed by atoms with Gasteiger partial charge >= 0.3 is 0 Å². The maximum absolute atomic E-state index is 4.17. The Bertz CT molecular complexity index is 284. The lowest BCUT2D eigenvalue weighted by molar-refractivity contribution is 0.509. The predicted octanol–water partition coefficient (Wildman–Crippen LogP) is 2.57. The number of aromatic nitrogens is 1. The second kappa shape index (κ2) is 6.57. The highest BCUT2D eigenvalue weighted by molar-refractivity contribution is 5.21. The molecule has 1 N–H and O–H groups in total. The van der Waals surface area contributed by atoms with Crippen molar-refractivity contribution in [2.75, 3.05) is 13.1 Å². The van der Waals surface area contributed by atoms with Gasteiger partial charge in [-0.05, 0) is 56.0 Å². The van der Waals surface area contributed by atoms with Crippen LogP contribution < -0.4 is 5.32 Å². The summed E-state index contributed by atoms with van der Waals surface area (Å²) >= 11 is 0. The van der Waals surface area contributed by atoms with Gasteiger partial charge in [-0.2, -0.15) is 0 Å². The van der Waals surface area contributed by atoms with E-state index < -0.39 is 0 Å². The Labute approximate surface area is 93.1 Å². The summed E-state index contributed by atoms with van der Waals surface area (Å²) in [5.74, 6) is 0.680. The summed E-state index contributed by atoms with van der Waals surface area (Å²) in [5, 5.41) is 3.45. The molecule has 1 rings (SSSR count). The zero-order chi connectivity index (χ0) is 11.1. The van der Waals surface area contributed by atoms with E-state index in [1.165, 1.54) is 17.5 Å². The van der Waals surface area contributed by atoms with Gasteiger partial charge < -0.3 is 5.32 Å². The second-order valence-corrected chi connectivity index (χ2v) is 4.32. The van der Waals surface area contributed by atoms with Crippen LogP contribution in [-0.2, 0) is 6.42 Å². The van der Waals surface area contributed by atoms with E-state index in [1.807, 2.05) is 12.4 Å². The van der Waals surface area contributed by atoms with Crippen LogP contribution in [0.1, 0.15) is 31.4 Å². The minimum atomic E-state index is 0.680. The standard InChI is InChI=1S/C13H22N2/c1-4-6-14-9-11(2)8-13-10-15-7-5-12(13)3/h5,7,10-11,14H,4,6,8-9H2,1-3H3. The third kappa shape index (κ3) is 4.43. The molecule has 1 atom stereocenters. The van der Waals surface area contributed by atoms with Crippen LogP contribution in [0.3, 0.4) is 0 Å². The smallest absolute Gasteiger partial charge is 0.0302 e. The number of aryl methyl sites for hydroxylation is 1. The molecule has 0 spiro atoms.